The molecule has 1 aliphatic rings. The van der Waals surface area contributed by atoms with Crippen molar-refractivity contribution in [3.8, 4) is 22.8 Å². The second-order valence-electron chi connectivity index (χ2n) is 5.52. The maximum absolute atomic E-state index is 5.41. The molecule has 0 aliphatic carbocycles. The third-order valence-electron chi connectivity index (χ3n) is 3.86. The predicted octanol–water partition coefficient (Wildman–Crippen LogP) is 1.64. The van der Waals surface area contributed by atoms with Gasteiger partial charge in [0, 0.05) is 32.1 Å². The number of nitrogens with zero attached hydrogens (tertiary/aromatic N) is 6. The van der Waals surface area contributed by atoms with Gasteiger partial charge in [0.1, 0.15) is 5.82 Å². The minimum absolute atomic E-state index is 0.248. The molecule has 0 saturated carbocycles. The third-order valence-corrected chi connectivity index (χ3v) is 3.86. The number of aromatic nitrogens is 5. The SMILES string of the molecule is CN(Cc1nccn1C)c1nncc(-c2ccc3c(c2)OCO3)n1. The lowest BCUT2D eigenvalue weighted by Gasteiger charge is -2.16. The van der Waals surface area contributed by atoms with Gasteiger partial charge in [0.2, 0.25) is 12.7 Å². The van der Waals surface area contributed by atoms with Crippen LogP contribution >= 0.6 is 0 Å². The standard InChI is InChI=1S/C16H16N6O2/c1-21-6-5-17-15(21)9-22(2)16-19-12(8-18-20-16)11-3-4-13-14(7-11)24-10-23-13/h3-8H,9-10H2,1-2H3. The summed E-state index contributed by atoms with van der Waals surface area (Å²) in [7, 11) is 3.87. The van der Waals surface area contributed by atoms with E-state index in [0.29, 0.717) is 18.2 Å². The molecular weight excluding hydrogens is 308 g/mol. The molecule has 0 bridgehead atoms. The molecule has 0 saturated heterocycles. The average molecular weight is 324 g/mol. The van der Waals surface area contributed by atoms with Crippen molar-refractivity contribution >= 4 is 5.95 Å². The fraction of sp³-hybridized carbons (Fsp3) is 0.250. The number of ether oxygens (including phenoxy) is 2. The highest BCUT2D eigenvalue weighted by molar-refractivity contribution is 5.64. The summed E-state index contributed by atoms with van der Waals surface area (Å²) in [6.45, 7) is 0.842. The van der Waals surface area contributed by atoms with Crippen molar-refractivity contribution in [3.63, 3.8) is 0 Å². The Morgan fingerprint density at radius 2 is 2.12 bits per heavy atom. The van der Waals surface area contributed by atoms with Crippen LogP contribution in [0.2, 0.25) is 0 Å². The molecule has 0 N–H and O–H groups in total. The molecule has 0 amide bonds. The normalized spacial score (nSPS) is 12.4. The summed E-state index contributed by atoms with van der Waals surface area (Å²) in [6, 6.07) is 5.70. The largest absolute Gasteiger partial charge is 0.454 e. The van der Waals surface area contributed by atoms with E-state index < -0.39 is 0 Å². The van der Waals surface area contributed by atoms with Crippen LogP contribution in [-0.2, 0) is 13.6 Å². The van der Waals surface area contributed by atoms with Crippen LogP contribution in [0.3, 0.4) is 0 Å². The number of imidazole rings is 1. The molecule has 3 heterocycles. The Hall–Kier alpha value is -3.16. The van der Waals surface area contributed by atoms with Gasteiger partial charge in [-0.15, -0.1) is 5.10 Å². The van der Waals surface area contributed by atoms with Gasteiger partial charge in [0.05, 0.1) is 18.4 Å². The van der Waals surface area contributed by atoms with Crippen molar-refractivity contribution in [1.82, 2.24) is 24.7 Å². The highest BCUT2D eigenvalue weighted by Gasteiger charge is 2.16. The fourth-order valence-electron chi connectivity index (χ4n) is 2.48. The highest BCUT2D eigenvalue weighted by atomic mass is 16.7. The third kappa shape index (κ3) is 2.62. The van der Waals surface area contributed by atoms with Crippen LogP contribution in [0.5, 0.6) is 11.5 Å². The molecule has 122 valence electrons. The first-order valence-corrected chi connectivity index (χ1v) is 7.48. The van der Waals surface area contributed by atoms with Crippen molar-refractivity contribution in [2.45, 2.75) is 6.54 Å². The minimum atomic E-state index is 0.248. The lowest BCUT2D eigenvalue weighted by atomic mass is 10.1. The minimum Gasteiger partial charge on any atom is -0.454 e. The van der Waals surface area contributed by atoms with Gasteiger partial charge in [0.25, 0.3) is 0 Å². The van der Waals surface area contributed by atoms with Crippen LogP contribution in [0.15, 0.2) is 36.8 Å². The second-order valence-corrected chi connectivity index (χ2v) is 5.52. The first-order chi connectivity index (χ1) is 11.7. The van der Waals surface area contributed by atoms with Gasteiger partial charge in [0.15, 0.2) is 11.5 Å². The Balaban J connectivity index is 1.60. The van der Waals surface area contributed by atoms with Gasteiger partial charge in [-0.05, 0) is 18.2 Å². The van der Waals surface area contributed by atoms with E-state index in [1.54, 1.807) is 12.4 Å². The molecule has 0 radical (unpaired) electrons. The summed E-state index contributed by atoms with van der Waals surface area (Å²) in [5, 5.41) is 8.19. The van der Waals surface area contributed by atoms with Gasteiger partial charge in [-0.2, -0.15) is 5.10 Å². The molecule has 0 fully saturated rings. The molecule has 24 heavy (non-hydrogen) atoms. The summed E-state index contributed by atoms with van der Waals surface area (Å²) >= 11 is 0. The Bertz CT molecular complexity index is 879. The summed E-state index contributed by atoms with van der Waals surface area (Å²) in [4.78, 5) is 10.8. The monoisotopic (exact) mass is 324 g/mol. The Morgan fingerprint density at radius 3 is 2.96 bits per heavy atom. The van der Waals surface area contributed by atoms with Crippen LogP contribution in [0.25, 0.3) is 11.3 Å². The second kappa shape index (κ2) is 5.80. The van der Waals surface area contributed by atoms with Gasteiger partial charge in [-0.1, -0.05) is 0 Å². The Labute approximate surface area is 138 Å². The molecule has 0 spiro atoms. The van der Waals surface area contributed by atoms with E-state index in [9.17, 15) is 0 Å². The zero-order valence-corrected chi connectivity index (χ0v) is 13.4. The number of anilines is 1. The van der Waals surface area contributed by atoms with Crippen molar-refractivity contribution in [3.05, 3.63) is 42.6 Å². The zero-order valence-electron chi connectivity index (χ0n) is 13.4. The lowest BCUT2D eigenvalue weighted by molar-refractivity contribution is 0.174. The van der Waals surface area contributed by atoms with E-state index in [4.69, 9.17) is 9.47 Å². The van der Waals surface area contributed by atoms with Crippen LogP contribution in [0.4, 0.5) is 5.95 Å². The smallest absolute Gasteiger partial charge is 0.246 e. The first kappa shape index (κ1) is 14.4. The van der Waals surface area contributed by atoms with E-state index in [2.05, 4.69) is 20.2 Å². The molecule has 2 aromatic heterocycles. The van der Waals surface area contributed by atoms with Gasteiger partial charge in [-0.3, -0.25) is 0 Å². The van der Waals surface area contributed by atoms with Crippen LogP contribution in [0.1, 0.15) is 5.82 Å². The first-order valence-electron chi connectivity index (χ1n) is 7.48. The molecule has 3 aromatic rings. The maximum atomic E-state index is 5.41. The van der Waals surface area contributed by atoms with E-state index in [1.165, 1.54) is 0 Å². The number of hydrogen-bond donors (Lipinski definition) is 0. The molecule has 1 aliphatic heterocycles. The van der Waals surface area contributed by atoms with Crippen molar-refractivity contribution in [1.29, 1.82) is 0 Å². The highest BCUT2D eigenvalue weighted by Crippen LogP contribution is 2.35. The molecule has 0 unspecified atom stereocenters. The van der Waals surface area contributed by atoms with E-state index >= 15 is 0 Å². The Kier molecular flexibility index (Phi) is 3.49. The van der Waals surface area contributed by atoms with Crippen LogP contribution in [-0.4, -0.2) is 38.6 Å². The van der Waals surface area contributed by atoms with Gasteiger partial charge >= 0.3 is 0 Å². The van der Waals surface area contributed by atoms with Crippen LogP contribution < -0.4 is 14.4 Å². The topological polar surface area (TPSA) is 78.2 Å². The lowest BCUT2D eigenvalue weighted by Crippen LogP contribution is -2.21. The summed E-state index contributed by atoms with van der Waals surface area (Å²) in [5.74, 6) is 2.92. The van der Waals surface area contributed by atoms with Crippen molar-refractivity contribution < 1.29 is 9.47 Å². The molecular formula is C16H16N6O2. The van der Waals surface area contributed by atoms with Crippen molar-refractivity contribution in [2.75, 3.05) is 18.7 Å². The summed E-state index contributed by atoms with van der Waals surface area (Å²) in [5.41, 5.74) is 1.63. The molecule has 0 atom stereocenters. The molecule has 4 rings (SSSR count). The molecule has 8 nitrogen and oxygen atoms in total. The quantitative estimate of drug-likeness (QED) is 0.722. The van der Waals surface area contributed by atoms with Crippen LogP contribution in [0, 0.1) is 0 Å². The molecule has 8 heteroatoms. The van der Waals surface area contributed by atoms with Gasteiger partial charge in [-0.25, -0.2) is 9.97 Å². The number of aryl methyl sites for hydroxylation is 1. The van der Waals surface area contributed by atoms with E-state index in [1.807, 2.05) is 48.0 Å². The number of fused-ring (bicyclic) bond motifs is 1. The number of hydrogen-bond acceptors (Lipinski definition) is 7. The maximum Gasteiger partial charge on any atom is 0.246 e. The zero-order chi connectivity index (χ0) is 16.5. The summed E-state index contributed by atoms with van der Waals surface area (Å²) in [6.07, 6.45) is 5.31. The molecule has 1 aromatic carbocycles. The number of rotatable bonds is 4. The van der Waals surface area contributed by atoms with E-state index in [-0.39, 0.29) is 6.79 Å². The average Bonchev–Trinajstić information content (AvgIpc) is 3.23. The predicted molar refractivity (Wildman–Crippen MR) is 86.7 cm³/mol. The summed E-state index contributed by atoms with van der Waals surface area (Å²) < 4.78 is 12.7. The number of benzene rings is 1. The van der Waals surface area contributed by atoms with Gasteiger partial charge < -0.3 is 18.9 Å². The van der Waals surface area contributed by atoms with Crippen molar-refractivity contribution in [2.24, 2.45) is 7.05 Å². The fourth-order valence-corrected chi connectivity index (χ4v) is 2.48. The Morgan fingerprint density at radius 1 is 1.25 bits per heavy atom. The van der Waals surface area contributed by atoms with E-state index in [0.717, 1.165) is 22.8 Å².